The summed E-state index contributed by atoms with van der Waals surface area (Å²) >= 11 is 0. The molecule has 3 amide bonds. The van der Waals surface area contributed by atoms with Gasteiger partial charge in [0.25, 0.3) is 5.91 Å². The fraction of sp³-hybridized carbons (Fsp3) is 0.333. The molecule has 1 aromatic carbocycles. The lowest BCUT2D eigenvalue weighted by Gasteiger charge is -2.30. The van der Waals surface area contributed by atoms with E-state index in [0.717, 1.165) is 0 Å². The van der Waals surface area contributed by atoms with Gasteiger partial charge in [0.2, 0.25) is 11.8 Å². The van der Waals surface area contributed by atoms with E-state index in [1.54, 1.807) is 19.2 Å². The molecule has 7 heteroatoms. The lowest BCUT2D eigenvalue weighted by molar-refractivity contribution is -0.136. The van der Waals surface area contributed by atoms with Crippen LogP contribution < -0.4 is 10.6 Å². The third kappa shape index (κ3) is 2.83. The molecule has 0 aliphatic carbocycles. The fourth-order valence-electron chi connectivity index (χ4n) is 2.48. The molecule has 0 aromatic heterocycles. The van der Waals surface area contributed by atoms with E-state index < -0.39 is 17.9 Å². The Kier molecular flexibility index (Phi) is 4.55. The minimum Gasteiger partial charge on any atom is -0.388 e. The molecule has 2 rings (SSSR count). The van der Waals surface area contributed by atoms with Crippen LogP contribution in [0.5, 0.6) is 0 Å². The van der Waals surface area contributed by atoms with Crippen molar-refractivity contribution in [2.24, 2.45) is 0 Å². The molecule has 1 aliphatic rings. The van der Waals surface area contributed by atoms with Crippen molar-refractivity contribution in [3.8, 4) is 0 Å². The highest BCUT2D eigenvalue weighted by molar-refractivity contribution is 6.07. The molecule has 1 aliphatic heterocycles. The Morgan fingerprint density at radius 3 is 2.73 bits per heavy atom. The lowest BCUT2D eigenvalue weighted by Crippen LogP contribution is -2.53. The summed E-state index contributed by atoms with van der Waals surface area (Å²) in [5.74, 6) is -1.27. The Labute approximate surface area is 127 Å². The van der Waals surface area contributed by atoms with Gasteiger partial charge in [0.05, 0.1) is 11.1 Å². The van der Waals surface area contributed by atoms with Gasteiger partial charge in [-0.25, -0.2) is 0 Å². The first-order chi connectivity index (χ1) is 10.5. The maximum absolute atomic E-state index is 12.6. The zero-order valence-electron chi connectivity index (χ0n) is 12.4. The SMILES string of the molecule is CNc1cccc(C(=O)N(C)C2CCC(=O)NC2=O)c1C=O. The van der Waals surface area contributed by atoms with E-state index in [9.17, 15) is 19.2 Å². The van der Waals surface area contributed by atoms with Crippen LogP contribution in [0.4, 0.5) is 5.69 Å². The van der Waals surface area contributed by atoms with E-state index >= 15 is 0 Å². The maximum Gasteiger partial charge on any atom is 0.255 e. The molecule has 1 unspecified atom stereocenters. The zero-order chi connectivity index (χ0) is 16.3. The van der Waals surface area contributed by atoms with Crippen molar-refractivity contribution in [2.75, 3.05) is 19.4 Å². The minimum atomic E-state index is -0.719. The number of benzene rings is 1. The maximum atomic E-state index is 12.6. The molecule has 2 N–H and O–H groups in total. The Hall–Kier alpha value is -2.70. The van der Waals surface area contributed by atoms with Gasteiger partial charge in [0.15, 0.2) is 6.29 Å². The monoisotopic (exact) mass is 303 g/mol. The van der Waals surface area contributed by atoms with Crippen molar-refractivity contribution in [2.45, 2.75) is 18.9 Å². The standard InChI is InChI=1S/C15H17N3O4/c1-16-11-5-3-4-9(10(11)8-19)15(22)18(2)12-6-7-13(20)17-14(12)21/h3-5,8,12,16H,6-7H2,1-2H3,(H,17,20,21). The van der Waals surface area contributed by atoms with Crippen LogP contribution in [0.3, 0.4) is 0 Å². The van der Waals surface area contributed by atoms with Gasteiger partial charge in [-0.1, -0.05) is 6.07 Å². The molecule has 1 fully saturated rings. The molecule has 1 aromatic rings. The number of nitrogens with zero attached hydrogens (tertiary/aromatic N) is 1. The number of rotatable bonds is 4. The number of carbonyl (C=O) groups excluding carboxylic acids is 4. The smallest absolute Gasteiger partial charge is 0.255 e. The largest absolute Gasteiger partial charge is 0.388 e. The number of carbonyl (C=O) groups is 4. The second kappa shape index (κ2) is 6.38. The highest BCUT2D eigenvalue weighted by atomic mass is 16.2. The summed E-state index contributed by atoms with van der Waals surface area (Å²) in [4.78, 5) is 48.2. The van der Waals surface area contributed by atoms with Crippen LogP contribution >= 0.6 is 0 Å². The number of aldehydes is 1. The van der Waals surface area contributed by atoms with Crippen molar-refractivity contribution < 1.29 is 19.2 Å². The van der Waals surface area contributed by atoms with Crippen LogP contribution in [0.2, 0.25) is 0 Å². The average Bonchev–Trinajstić information content (AvgIpc) is 2.52. The predicted octanol–water partition coefficient (Wildman–Crippen LogP) is 0.418. The van der Waals surface area contributed by atoms with Crippen molar-refractivity contribution in [1.29, 1.82) is 0 Å². The van der Waals surface area contributed by atoms with Gasteiger partial charge in [-0.05, 0) is 18.6 Å². The topological polar surface area (TPSA) is 95.6 Å². The summed E-state index contributed by atoms with van der Waals surface area (Å²) in [5, 5.41) is 5.06. The van der Waals surface area contributed by atoms with Gasteiger partial charge in [-0.2, -0.15) is 0 Å². The highest BCUT2D eigenvalue weighted by Gasteiger charge is 2.33. The van der Waals surface area contributed by atoms with Gasteiger partial charge < -0.3 is 10.2 Å². The van der Waals surface area contributed by atoms with Crippen LogP contribution in [0.25, 0.3) is 0 Å². The Morgan fingerprint density at radius 1 is 1.41 bits per heavy atom. The molecule has 0 spiro atoms. The third-order valence-corrected chi connectivity index (χ3v) is 3.72. The lowest BCUT2D eigenvalue weighted by atomic mass is 10.0. The van der Waals surface area contributed by atoms with Crippen molar-refractivity contribution in [1.82, 2.24) is 10.2 Å². The second-order valence-corrected chi connectivity index (χ2v) is 5.02. The summed E-state index contributed by atoms with van der Waals surface area (Å²) in [5.41, 5.74) is 1.00. The molecule has 0 radical (unpaired) electrons. The number of anilines is 1. The van der Waals surface area contributed by atoms with Crippen LogP contribution in [0, 0.1) is 0 Å². The quantitative estimate of drug-likeness (QED) is 0.621. The summed E-state index contributed by atoms with van der Waals surface area (Å²) < 4.78 is 0. The molecule has 1 atom stereocenters. The highest BCUT2D eigenvalue weighted by Crippen LogP contribution is 2.21. The van der Waals surface area contributed by atoms with Crippen LogP contribution in [-0.4, -0.2) is 49.0 Å². The molecular formula is C15H17N3O4. The molecule has 0 bridgehead atoms. The summed E-state index contributed by atoms with van der Waals surface area (Å²) in [7, 11) is 3.14. The van der Waals surface area contributed by atoms with Crippen LogP contribution in [0.15, 0.2) is 18.2 Å². The van der Waals surface area contributed by atoms with Gasteiger partial charge >= 0.3 is 0 Å². The molecule has 0 saturated carbocycles. The van der Waals surface area contributed by atoms with E-state index in [-0.39, 0.29) is 29.9 Å². The number of hydrogen-bond acceptors (Lipinski definition) is 5. The number of hydrogen-bond donors (Lipinski definition) is 2. The van der Waals surface area contributed by atoms with Crippen molar-refractivity contribution in [3.63, 3.8) is 0 Å². The number of nitrogens with one attached hydrogen (secondary N) is 2. The molecule has 22 heavy (non-hydrogen) atoms. The van der Waals surface area contributed by atoms with Gasteiger partial charge in [0, 0.05) is 26.2 Å². The second-order valence-electron chi connectivity index (χ2n) is 5.02. The summed E-state index contributed by atoms with van der Waals surface area (Å²) in [6.07, 6.45) is 1.07. The summed E-state index contributed by atoms with van der Waals surface area (Å²) in [6, 6.07) is 4.16. The molecular weight excluding hydrogens is 286 g/mol. The molecule has 1 saturated heterocycles. The number of piperidine rings is 1. The third-order valence-electron chi connectivity index (χ3n) is 3.72. The number of likely N-dealkylation sites (N-methyl/N-ethyl adjacent to an activating group) is 1. The van der Waals surface area contributed by atoms with E-state index in [2.05, 4.69) is 10.6 Å². The van der Waals surface area contributed by atoms with E-state index in [4.69, 9.17) is 0 Å². The van der Waals surface area contributed by atoms with Gasteiger partial charge in [0.1, 0.15) is 6.04 Å². The van der Waals surface area contributed by atoms with Crippen LogP contribution in [0.1, 0.15) is 33.6 Å². The number of amides is 3. The molecule has 7 nitrogen and oxygen atoms in total. The summed E-state index contributed by atoms with van der Waals surface area (Å²) in [6.45, 7) is 0. The predicted molar refractivity (Wildman–Crippen MR) is 79.6 cm³/mol. The van der Waals surface area contributed by atoms with E-state index in [0.29, 0.717) is 12.0 Å². The number of imide groups is 1. The van der Waals surface area contributed by atoms with Crippen molar-refractivity contribution >= 4 is 29.7 Å². The Balaban J connectivity index is 2.30. The average molecular weight is 303 g/mol. The van der Waals surface area contributed by atoms with Gasteiger partial charge in [-0.3, -0.25) is 24.5 Å². The Morgan fingerprint density at radius 2 is 2.14 bits per heavy atom. The first-order valence-corrected chi connectivity index (χ1v) is 6.86. The van der Waals surface area contributed by atoms with E-state index in [1.165, 1.54) is 18.0 Å². The fourth-order valence-corrected chi connectivity index (χ4v) is 2.48. The first kappa shape index (κ1) is 15.7. The first-order valence-electron chi connectivity index (χ1n) is 6.86. The zero-order valence-corrected chi connectivity index (χ0v) is 12.4. The Bertz CT molecular complexity index is 642. The molecule has 1 heterocycles. The minimum absolute atomic E-state index is 0.186. The van der Waals surface area contributed by atoms with E-state index in [1.807, 2.05) is 0 Å². The van der Waals surface area contributed by atoms with Crippen LogP contribution in [-0.2, 0) is 9.59 Å². The van der Waals surface area contributed by atoms with Crippen molar-refractivity contribution in [3.05, 3.63) is 29.3 Å². The molecule has 116 valence electrons. The normalized spacial score (nSPS) is 17.6. The van der Waals surface area contributed by atoms with Gasteiger partial charge in [-0.15, -0.1) is 0 Å².